The molecular weight excluding hydrogens is 272 g/mol. The largest absolute Gasteiger partial charge is 0.477 e. The van der Waals surface area contributed by atoms with Gasteiger partial charge < -0.3 is 15.4 Å². The van der Waals surface area contributed by atoms with Crippen LogP contribution in [0, 0.1) is 0 Å². The molecule has 20 heavy (non-hydrogen) atoms. The molecule has 1 aromatic rings. The molecule has 0 bridgehead atoms. The molecule has 2 unspecified atom stereocenters. The highest BCUT2D eigenvalue weighted by molar-refractivity contribution is 7.99. The molecule has 0 saturated carbocycles. The number of benzene rings is 1. The molecule has 0 aliphatic carbocycles. The molecule has 2 aliphatic heterocycles. The van der Waals surface area contributed by atoms with Gasteiger partial charge in [0.25, 0.3) is 5.91 Å². The highest BCUT2D eigenvalue weighted by atomic mass is 32.2. The second-order valence-corrected chi connectivity index (χ2v) is 6.63. The van der Waals surface area contributed by atoms with Gasteiger partial charge in [0.15, 0.2) is 6.10 Å². The van der Waals surface area contributed by atoms with Gasteiger partial charge in [-0.25, -0.2) is 0 Å². The molecule has 3 rings (SSSR count). The number of thioether (sulfide) groups is 1. The summed E-state index contributed by atoms with van der Waals surface area (Å²) in [5.41, 5.74) is 0.958. The Kier molecular flexibility index (Phi) is 4.35. The zero-order valence-corrected chi connectivity index (χ0v) is 12.2. The van der Waals surface area contributed by atoms with Crippen molar-refractivity contribution in [2.24, 2.45) is 0 Å². The first-order chi connectivity index (χ1) is 9.83. The van der Waals surface area contributed by atoms with Crippen LogP contribution in [0.1, 0.15) is 19.3 Å². The van der Waals surface area contributed by atoms with E-state index in [4.69, 9.17) is 4.74 Å². The van der Waals surface area contributed by atoms with Crippen LogP contribution in [-0.4, -0.2) is 36.1 Å². The summed E-state index contributed by atoms with van der Waals surface area (Å²) in [6.07, 6.45) is 3.36. The molecule has 2 aliphatic rings. The van der Waals surface area contributed by atoms with Gasteiger partial charge in [0.1, 0.15) is 5.75 Å². The lowest BCUT2D eigenvalue weighted by Gasteiger charge is -2.27. The number of rotatable bonds is 3. The lowest BCUT2D eigenvalue weighted by atomic mass is 10.2. The van der Waals surface area contributed by atoms with Crippen LogP contribution in [-0.2, 0) is 4.79 Å². The molecule has 2 heterocycles. The summed E-state index contributed by atoms with van der Waals surface area (Å²) in [4.78, 5) is 12.2. The van der Waals surface area contributed by atoms with Crippen LogP contribution in [0.3, 0.4) is 0 Å². The SMILES string of the molecule is O=C(NCC1CCCCS1)C1CNc2ccccc2O1. The van der Waals surface area contributed by atoms with E-state index in [0.717, 1.165) is 18.0 Å². The number of hydrogen-bond acceptors (Lipinski definition) is 4. The molecule has 1 amide bonds. The van der Waals surface area contributed by atoms with Gasteiger partial charge in [0.05, 0.1) is 12.2 Å². The average molecular weight is 292 g/mol. The third-order valence-electron chi connectivity index (χ3n) is 3.70. The highest BCUT2D eigenvalue weighted by Gasteiger charge is 2.26. The third kappa shape index (κ3) is 3.20. The van der Waals surface area contributed by atoms with Crippen LogP contribution in [0.15, 0.2) is 24.3 Å². The number of fused-ring (bicyclic) bond motifs is 1. The van der Waals surface area contributed by atoms with E-state index in [1.165, 1.54) is 25.0 Å². The normalized spacial score (nSPS) is 25.0. The Morgan fingerprint density at radius 3 is 3.15 bits per heavy atom. The molecule has 1 aromatic carbocycles. The van der Waals surface area contributed by atoms with Crippen molar-refractivity contribution in [2.75, 3.05) is 24.2 Å². The standard InChI is InChI=1S/C15H20N2O2S/c18-15(17-9-11-5-3-4-8-20-11)14-10-16-12-6-1-2-7-13(12)19-14/h1-2,6-7,11,14,16H,3-5,8-10H2,(H,17,18). The minimum Gasteiger partial charge on any atom is -0.477 e. The fourth-order valence-electron chi connectivity index (χ4n) is 2.56. The summed E-state index contributed by atoms with van der Waals surface area (Å²) >= 11 is 1.97. The number of nitrogens with one attached hydrogen (secondary N) is 2. The van der Waals surface area contributed by atoms with Crippen molar-refractivity contribution in [3.63, 3.8) is 0 Å². The van der Waals surface area contributed by atoms with Crippen LogP contribution in [0.5, 0.6) is 5.75 Å². The van der Waals surface area contributed by atoms with Gasteiger partial charge in [-0.1, -0.05) is 18.6 Å². The summed E-state index contributed by atoms with van der Waals surface area (Å²) in [5, 5.41) is 6.83. The number of ether oxygens (including phenoxy) is 1. The number of anilines is 1. The van der Waals surface area contributed by atoms with Gasteiger partial charge in [0, 0.05) is 11.8 Å². The predicted octanol–water partition coefficient (Wildman–Crippen LogP) is 2.26. The van der Waals surface area contributed by atoms with E-state index < -0.39 is 6.10 Å². The number of hydrogen-bond donors (Lipinski definition) is 2. The molecule has 0 spiro atoms. The maximum Gasteiger partial charge on any atom is 0.262 e. The van der Waals surface area contributed by atoms with Gasteiger partial charge in [-0.2, -0.15) is 11.8 Å². The van der Waals surface area contributed by atoms with Crippen LogP contribution < -0.4 is 15.4 Å². The first-order valence-electron chi connectivity index (χ1n) is 7.22. The molecule has 0 radical (unpaired) electrons. The van der Waals surface area contributed by atoms with Crippen molar-refractivity contribution in [3.05, 3.63) is 24.3 Å². The maximum atomic E-state index is 12.2. The highest BCUT2D eigenvalue weighted by Crippen LogP contribution is 2.28. The minimum absolute atomic E-state index is 0.0156. The fourth-order valence-corrected chi connectivity index (χ4v) is 3.79. The second kappa shape index (κ2) is 6.39. The quantitative estimate of drug-likeness (QED) is 0.897. The molecule has 5 heteroatoms. The maximum absolute atomic E-state index is 12.2. The van der Waals surface area contributed by atoms with E-state index >= 15 is 0 Å². The van der Waals surface area contributed by atoms with Gasteiger partial charge >= 0.3 is 0 Å². The van der Waals surface area contributed by atoms with Crippen molar-refractivity contribution >= 4 is 23.4 Å². The first kappa shape index (κ1) is 13.6. The molecule has 108 valence electrons. The second-order valence-electron chi connectivity index (χ2n) is 5.22. The van der Waals surface area contributed by atoms with Crippen molar-refractivity contribution in [3.8, 4) is 5.75 Å². The van der Waals surface area contributed by atoms with E-state index in [-0.39, 0.29) is 5.91 Å². The minimum atomic E-state index is -0.432. The number of amides is 1. The fraction of sp³-hybridized carbons (Fsp3) is 0.533. The van der Waals surface area contributed by atoms with Crippen LogP contribution in [0.25, 0.3) is 0 Å². The van der Waals surface area contributed by atoms with Crippen molar-refractivity contribution in [2.45, 2.75) is 30.6 Å². The molecule has 1 fully saturated rings. The van der Waals surface area contributed by atoms with E-state index in [9.17, 15) is 4.79 Å². The van der Waals surface area contributed by atoms with E-state index in [1.807, 2.05) is 36.0 Å². The van der Waals surface area contributed by atoms with Crippen molar-refractivity contribution in [1.29, 1.82) is 0 Å². The van der Waals surface area contributed by atoms with Crippen molar-refractivity contribution in [1.82, 2.24) is 5.32 Å². The Balaban J connectivity index is 1.51. The number of carbonyl (C=O) groups is 1. The van der Waals surface area contributed by atoms with Crippen LogP contribution in [0.4, 0.5) is 5.69 Å². The molecular formula is C15H20N2O2S. The number of para-hydroxylation sites is 2. The zero-order chi connectivity index (χ0) is 13.8. The lowest BCUT2D eigenvalue weighted by Crippen LogP contribution is -2.46. The Labute approximate surface area is 123 Å². The first-order valence-corrected chi connectivity index (χ1v) is 8.26. The summed E-state index contributed by atoms with van der Waals surface area (Å²) in [7, 11) is 0. The summed E-state index contributed by atoms with van der Waals surface area (Å²) < 4.78 is 5.75. The van der Waals surface area contributed by atoms with Crippen molar-refractivity contribution < 1.29 is 9.53 Å². The Morgan fingerprint density at radius 1 is 1.40 bits per heavy atom. The topological polar surface area (TPSA) is 50.4 Å². The van der Waals surface area contributed by atoms with Gasteiger partial charge in [-0.3, -0.25) is 4.79 Å². The van der Waals surface area contributed by atoms with E-state index in [2.05, 4.69) is 10.6 Å². The van der Waals surface area contributed by atoms with Crippen LogP contribution in [0.2, 0.25) is 0 Å². The summed E-state index contributed by atoms with van der Waals surface area (Å²) in [6, 6.07) is 7.72. The molecule has 4 nitrogen and oxygen atoms in total. The zero-order valence-electron chi connectivity index (χ0n) is 11.4. The molecule has 2 atom stereocenters. The predicted molar refractivity (Wildman–Crippen MR) is 82.5 cm³/mol. The van der Waals surface area contributed by atoms with E-state index in [0.29, 0.717) is 11.8 Å². The van der Waals surface area contributed by atoms with Gasteiger partial charge in [0.2, 0.25) is 0 Å². The Bertz CT molecular complexity index is 475. The van der Waals surface area contributed by atoms with Gasteiger partial charge in [-0.15, -0.1) is 0 Å². The number of carbonyl (C=O) groups excluding carboxylic acids is 1. The summed E-state index contributed by atoms with van der Waals surface area (Å²) in [5.74, 6) is 1.96. The summed E-state index contributed by atoms with van der Waals surface area (Å²) in [6.45, 7) is 1.28. The average Bonchev–Trinajstić information content (AvgIpc) is 2.53. The lowest BCUT2D eigenvalue weighted by molar-refractivity contribution is -0.127. The molecule has 2 N–H and O–H groups in total. The Hall–Kier alpha value is -1.36. The van der Waals surface area contributed by atoms with Crippen LogP contribution >= 0.6 is 11.8 Å². The monoisotopic (exact) mass is 292 g/mol. The smallest absolute Gasteiger partial charge is 0.262 e. The van der Waals surface area contributed by atoms with Gasteiger partial charge in [-0.05, 0) is 30.7 Å². The molecule has 0 aromatic heterocycles. The third-order valence-corrected chi connectivity index (χ3v) is 5.10. The van der Waals surface area contributed by atoms with E-state index in [1.54, 1.807) is 0 Å². The molecule has 1 saturated heterocycles. The Morgan fingerprint density at radius 2 is 2.30 bits per heavy atom.